The van der Waals surface area contributed by atoms with Crippen molar-refractivity contribution in [1.29, 1.82) is 0 Å². The summed E-state index contributed by atoms with van der Waals surface area (Å²) >= 11 is 0. The Morgan fingerprint density at radius 2 is 2.10 bits per heavy atom. The first-order valence-corrected chi connectivity index (χ1v) is 7.26. The van der Waals surface area contributed by atoms with E-state index in [0.717, 1.165) is 32.5 Å². The first-order chi connectivity index (χ1) is 9.29. The minimum atomic E-state index is 0. The van der Waals surface area contributed by atoms with Crippen molar-refractivity contribution < 1.29 is 4.79 Å². The Bertz CT molecular complexity index is 397. The summed E-state index contributed by atoms with van der Waals surface area (Å²) in [6.45, 7) is 2.64. The lowest BCUT2D eigenvalue weighted by molar-refractivity contribution is -0.132. The van der Waals surface area contributed by atoms with Crippen LogP contribution in [-0.2, 0) is 11.2 Å². The van der Waals surface area contributed by atoms with Gasteiger partial charge in [-0.05, 0) is 37.8 Å². The van der Waals surface area contributed by atoms with Crippen molar-refractivity contribution in [3.8, 4) is 0 Å². The smallest absolute Gasteiger partial charge is 0.223 e. The summed E-state index contributed by atoms with van der Waals surface area (Å²) in [6.07, 6.45) is 4.10. The monoisotopic (exact) mass is 296 g/mol. The van der Waals surface area contributed by atoms with Gasteiger partial charge in [-0.2, -0.15) is 0 Å². The number of likely N-dealkylation sites (tertiary alicyclic amines) is 1. The van der Waals surface area contributed by atoms with Gasteiger partial charge in [0.05, 0.1) is 0 Å². The largest absolute Gasteiger partial charge is 0.342 e. The zero-order valence-electron chi connectivity index (χ0n) is 12.2. The van der Waals surface area contributed by atoms with Crippen LogP contribution < -0.4 is 5.32 Å². The van der Waals surface area contributed by atoms with Gasteiger partial charge in [0.2, 0.25) is 5.91 Å². The highest BCUT2D eigenvalue weighted by atomic mass is 35.5. The minimum absolute atomic E-state index is 0. The van der Waals surface area contributed by atoms with Crippen molar-refractivity contribution in [3.63, 3.8) is 0 Å². The number of carbonyl (C=O) groups is 1. The molecule has 1 fully saturated rings. The molecule has 1 saturated heterocycles. The third-order valence-electron chi connectivity index (χ3n) is 3.83. The number of benzene rings is 1. The zero-order valence-corrected chi connectivity index (χ0v) is 13.0. The van der Waals surface area contributed by atoms with Crippen molar-refractivity contribution in [2.24, 2.45) is 5.92 Å². The van der Waals surface area contributed by atoms with Crippen LogP contribution in [0.4, 0.5) is 0 Å². The number of halogens is 1. The van der Waals surface area contributed by atoms with Gasteiger partial charge in [-0.1, -0.05) is 30.3 Å². The van der Waals surface area contributed by atoms with E-state index in [-0.39, 0.29) is 12.4 Å². The second-order valence-corrected chi connectivity index (χ2v) is 5.39. The second-order valence-electron chi connectivity index (χ2n) is 5.39. The molecule has 0 bridgehead atoms. The molecule has 1 aliphatic rings. The predicted octanol–water partition coefficient (Wildman–Crippen LogP) is 2.50. The molecule has 1 amide bonds. The third-order valence-corrected chi connectivity index (χ3v) is 3.83. The number of hydrogen-bond acceptors (Lipinski definition) is 2. The number of hydrogen-bond donors (Lipinski definition) is 1. The van der Waals surface area contributed by atoms with Gasteiger partial charge < -0.3 is 10.2 Å². The topological polar surface area (TPSA) is 32.3 Å². The van der Waals surface area contributed by atoms with Crippen LogP contribution >= 0.6 is 12.4 Å². The molecule has 0 aliphatic carbocycles. The summed E-state index contributed by atoms with van der Waals surface area (Å²) in [5.74, 6) is 0.918. The fraction of sp³-hybridized carbons (Fsp3) is 0.562. The molecule has 1 unspecified atom stereocenters. The van der Waals surface area contributed by atoms with Crippen LogP contribution in [0.25, 0.3) is 0 Å². The lowest BCUT2D eigenvalue weighted by atomic mass is 9.91. The Labute approximate surface area is 128 Å². The molecule has 0 aromatic heterocycles. The van der Waals surface area contributed by atoms with Crippen molar-refractivity contribution in [2.75, 3.05) is 26.7 Å². The molecule has 0 spiro atoms. The summed E-state index contributed by atoms with van der Waals surface area (Å²) in [5.41, 5.74) is 1.39. The molecule has 0 radical (unpaired) electrons. The molecule has 1 N–H and O–H groups in total. The molecule has 3 nitrogen and oxygen atoms in total. The quantitative estimate of drug-likeness (QED) is 0.905. The Balaban J connectivity index is 0.00000200. The Morgan fingerprint density at radius 1 is 1.35 bits per heavy atom. The molecule has 1 heterocycles. The number of rotatable bonds is 5. The molecular formula is C16H25ClN2O. The van der Waals surface area contributed by atoms with E-state index < -0.39 is 0 Å². The standard InChI is InChI=1S/C16H24N2O.ClH/c1-17-10-9-16(19)18-11-5-8-15(13-18)12-14-6-3-2-4-7-14;/h2-4,6-7,15,17H,5,8-13H2,1H3;1H. The maximum Gasteiger partial charge on any atom is 0.223 e. The number of amides is 1. The molecule has 1 aromatic carbocycles. The normalized spacial score (nSPS) is 18.4. The maximum absolute atomic E-state index is 12.0. The lowest BCUT2D eigenvalue weighted by Gasteiger charge is -2.33. The zero-order chi connectivity index (χ0) is 13.5. The van der Waals surface area contributed by atoms with E-state index in [0.29, 0.717) is 18.2 Å². The summed E-state index contributed by atoms with van der Waals surface area (Å²) in [7, 11) is 1.89. The van der Waals surface area contributed by atoms with Gasteiger partial charge in [-0.3, -0.25) is 4.79 Å². The van der Waals surface area contributed by atoms with E-state index in [9.17, 15) is 4.79 Å². The van der Waals surface area contributed by atoms with E-state index in [1.54, 1.807) is 0 Å². The van der Waals surface area contributed by atoms with Crippen LogP contribution in [0.5, 0.6) is 0 Å². The summed E-state index contributed by atoms with van der Waals surface area (Å²) < 4.78 is 0. The highest BCUT2D eigenvalue weighted by molar-refractivity contribution is 5.85. The van der Waals surface area contributed by atoms with Gasteiger partial charge in [0.15, 0.2) is 0 Å². The molecule has 1 aromatic rings. The molecule has 1 atom stereocenters. The second kappa shape index (κ2) is 8.98. The molecule has 4 heteroatoms. The molecule has 2 rings (SSSR count). The van der Waals surface area contributed by atoms with E-state index in [1.807, 2.05) is 7.05 Å². The van der Waals surface area contributed by atoms with Crippen molar-refractivity contribution in [1.82, 2.24) is 10.2 Å². The van der Waals surface area contributed by atoms with E-state index in [1.165, 1.54) is 12.0 Å². The lowest BCUT2D eigenvalue weighted by Crippen LogP contribution is -2.41. The van der Waals surface area contributed by atoms with Crippen LogP contribution in [-0.4, -0.2) is 37.5 Å². The summed E-state index contributed by atoms with van der Waals surface area (Å²) in [6, 6.07) is 10.6. The fourth-order valence-electron chi connectivity index (χ4n) is 2.80. The molecule has 112 valence electrons. The van der Waals surface area contributed by atoms with Crippen LogP contribution in [0.15, 0.2) is 30.3 Å². The average molecular weight is 297 g/mol. The van der Waals surface area contributed by atoms with Crippen LogP contribution in [0.2, 0.25) is 0 Å². The van der Waals surface area contributed by atoms with E-state index >= 15 is 0 Å². The van der Waals surface area contributed by atoms with Gasteiger partial charge >= 0.3 is 0 Å². The summed E-state index contributed by atoms with van der Waals surface area (Å²) in [4.78, 5) is 14.1. The average Bonchev–Trinajstić information content (AvgIpc) is 2.46. The highest BCUT2D eigenvalue weighted by Crippen LogP contribution is 2.21. The van der Waals surface area contributed by atoms with Gasteiger partial charge in [0.1, 0.15) is 0 Å². The summed E-state index contributed by atoms with van der Waals surface area (Å²) in [5, 5.41) is 3.04. The number of nitrogens with zero attached hydrogens (tertiary/aromatic N) is 1. The third kappa shape index (κ3) is 5.14. The fourth-order valence-corrected chi connectivity index (χ4v) is 2.80. The van der Waals surface area contributed by atoms with Crippen molar-refractivity contribution >= 4 is 18.3 Å². The van der Waals surface area contributed by atoms with Gasteiger partial charge in [-0.15, -0.1) is 12.4 Å². The van der Waals surface area contributed by atoms with Crippen LogP contribution in [0, 0.1) is 5.92 Å². The van der Waals surface area contributed by atoms with E-state index in [4.69, 9.17) is 0 Å². The van der Waals surface area contributed by atoms with Crippen molar-refractivity contribution in [2.45, 2.75) is 25.7 Å². The minimum Gasteiger partial charge on any atom is -0.342 e. The Morgan fingerprint density at radius 3 is 2.80 bits per heavy atom. The van der Waals surface area contributed by atoms with Gasteiger partial charge in [-0.25, -0.2) is 0 Å². The Hall–Kier alpha value is -1.06. The first kappa shape index (κ1) is 17.0. The van der Waals surface area contributed by atoms with Crippen LogP contribution in [0.3, 0.4) is 0 Å². The molecular weight excluding hydrogens is 272 g/mol. The number of carbonyl (C=O) groups excluding carboxylic acids is 1. The molecule has 1 aliphatic heterocycles. The highest BCUT2D eigenvalue weighted by Gasteiger charge is 2.23. The first-order valence-electron chi connectivity index (χ1n) is 7.26. The van der Waals surface area contributed by atoms with Crippen LogP contribution in [0.1, 0.15) is 24.8 Å². The number of piperidine rings is 1. The van der Waals surface area contributed by atoms with Gasteiger partial charge in [0, 0.05) is 26.1 Å². The van der Waals surface area contributed by atoms with Crippen molar-refractivity contribution in [3.05, 3.63) is 35.9 Å². The number of nitrogens with one attached hydrogen (secondary N) is 1. The predicted molar refractivity (Wildman–Crippen MR) is 85.2 cm³/mol. The van der Waals surface area contributed by atoms with Gasteiger partial charge in [0.25, 0.3) is 0 Å². The Kier molecular flexibility index (Phi) is 7.63. The SMILES string of the molecule is CNCCC(=O)N1CCCC(Cc2ccccc2)C1.Cl. The molecule has 0 saturated carbocycles. The molecule has 20 heavy (non-hydrogen) atoms. The van der Waals surface area contributed by atoms with E-state index in [2.05, 4.69) is 40.5 Å². The maximum atomic E-state index is 12.0.